The lowest BCUT2D eigenvalue weighted by molar-refractivity contribution is -0.132. The molecule has 2 heterocycles. The van der Waals surface area contributed by atoms with Crippen LogP contribution in [0.4, 0.5) is 0 Å². The molecular formula is C19H20N2O2S. The molecule has 0 spiro atoms. The Labute approximate surface area is 146 Å². The number of thiophene rings is 1. The molecule has 5 heteroatoms. The summed E-state index contributed by atoms with van der Waals surface area (Å²) >= 11 is 1.67. The van der Waals surface area contributed by atoms with E-state index in [4.69, 9.17) is 10.00 Å². The Balaban J connectivity index is 1.45. The molecule has 0 N–H and O–H groups in total. The summed E-state index contributed by atoms with van der Waals surface area (Å²) in [6.45, 7) is 1.48. The summed E-state index contributed by atoms with van der Waals surface area (Å²) in [7, 11) is 0. The molecule has 1 aliphatic rings. The van der Waals surface area contributed by atoms with Crippen LogP contribution in [0, 0.1) is 11.3 Å². The largest absolute Gasteiger partial charge is 0.490 e. The summed E-state index contributed by atoms with van der Waals surface area (Å²) in [6.07, 6.45) is 3.17. The van der Waals surface area contributed by atoms with Gasteiger partial charge >= 0.3 is 0 Å². The summed E-state index contributed by atoms with van der Waals surface area (Å²) in [5, 5.41) is 13.1. The van der Waals surface area contributed by atoms with E-state index < -0.39 is 0 Å². The van der Waals surface area contributed by atoms with Crippen LogP contribution in [0.2, 0.25) is 0 Å². The Morgan fingerprint density at radius 1 is 1.33 bits per heavy atom. The zero-order chi connectivity index (χ0) is 16.8. The molecular weight excluding hydrogens is 320 g/mol. The summed E-state index contributed by atoms with van der Waals surface area (Å²) in [4.78, 5) is 14.2. The predicted molar refractivity (Wildman–Crippen MR) is 94.0 cm³/mol. The van der Waals surface area contributed by atoms with E-state index in [2.05, 4.69) is 17.5 Å². The first-order chi connectivity index (χ1) is 11.7. The van der Waals surface area contributed by atoms with Gasteiger partial charge in [0.25, 0.3) is 0 Å². The molecule has 0 radical (unpaired) electrons. The molecule has 1 amide bonds. The van der Waals surface area contributed by atoms with Crippen molar-refractivity contribution in [2.75, 3.05) is 13.1 Å². The van der Waals surface area contributed by atoms with E-state index in [1.54, 1.807) is 23.5 Å². The van der Waals surface area contributed by atoms with Gasteiger partial charge in [0.05, 0.1) is 11.6 Å². The van der Waals surface area contributed by atoms with Gasteiger partial charge in [0.2, 0.25) is 5.91 Å². The van der Waals surface area contributed by atoms with Crippen LogP contribution in [-0.2, 0) is 11.2 Å². The second-order valence-electron chi connectivity index (χ2n) is 5.97. The van der Waals surface area contributed by atoms with Crippen molar-refractivity contribution in [1.29, 1.82) is 5.26 Å². The van der Waals surface area contributed by atoms with Gasteiger partial charge in [-0.15, -0.1) is 0 Å². The van der Waals surface area contributed by atoms with Crippen LogP contribution in [-0.4, -0.2) is 30.0 Å². The van der Waals surface area contributed by atoms with Crippen LogP contribution in [0.15, 0.2) is 41.1 Å². The first kappa shape index (κ1) is 16.5. The fraction of sp³-hybridized carbons (Fsp3) is 0.368. The van der Waals surface area contributed by atoms with Crippen molar-refractivity contribution in [3.8, 4) is 11.8 Å². The molecule has 0 saturated carbocycles. The number of likely N-dealkylation sites (tertiary alicyclic amines) is 1. The highest BCUT2D eigenvalue weighted by Gasteiger charge is 2.23. The predicted octanol–water partition coefficient (Wildman–Crippen LogP) is 3.62. The van der Waals surface area contributed by atoms with E-state index in [-0.39, 0.29) is 12.0 Å². The standard InChI is InChI=1S/C19H20N2O2S/c20-13-16-2-1-3-18(12-16)23-17-6-9-21(10-7-17)19(22)5-4-15-8-11-24-14-15/h1-3,8,11-12,14,17H,4-7,9-10H2. The number of benzene rings is 1. The molecule has 3 rings (SSSR count). The maximum absolute atomic E-state index is 12.3. The lowest BCUT2D eigenvalue weighted by Crippen LogP contribution is -2.41. The van der Waals surface area contributed by atoms with E-state index in [1.165, 1.54) is 5.56 Å². The van der Waals surface area contributed by atoms with Gasteiger partial charge in [-0.3, -0.25) is 4.79 Å². The smallest absolute Gasteiger partial charge is 0.222 e. The Kier molecular flexibility index (Phi) is 5.50. The minimum absolute atomic E-state index is 0.111. The maximum Gasteiger partial charge on any atom is 0.222 e. The Bertz CT molecular complexity index is 713. The Hall–Kier alpha value is -2.32. The zero-order valence-electron chi connectivity index (χ0n) is 13.5. The van der Waals surface area contributed by atoms with Crippen LogP contribution in [0.3, 0.4) is 0 Å². The molecule has 1 aromatic carbocycles. The number of rotatable bonds is 5. The van der Waals surface area contributed by atoms with Crippen LogP contribution in [0.5, 0.6) is 5.75 Å². The average Bonchev–Trinajstić information content (AvgIpc) is 3.14. The highest BCUT2D eigenvalue weighted by molar-refractivity contribution is 7.07. The number of piperidine rings is 1. The molecule has 1 saturated heterocycles. The third kappa shape index (κ3) is 4.36. The van der Waals surface area contributed by atoms with Crippen molar-refractivity contribution in [1.82, 2.24) is 4.90 Å². The average molecular weight is 340 g/mol. The van der Waals surface area contributed by atoms with Gasteiger partial charge < -0.3 is 9.64 Å². The maximum atomic E-state index is 12.3. The molecule has 0 unspecified atom stereocenters. The van der Waals surface area contributed by atoms with Gasteiger partial charge in [-0.05, 0) is 47.0 Å². The summed E-state index contributed by atoms with van der Waals surface area (Å²) in [6, 6.07) is 11.4. The van der Waals surface area contributed by atoms with Crippen molar-refractivity contribution < 1.29 is 9.53 Å². The molecule has 1 aliphatic heterocycles. The molecule has 124 valence electrons. The van der Waals surface area contributed by atoms with Crippen molar-refractivity contribution in [3.63, 3.8) is 0 Å². The van der Waals surface area contributed by atoms with Crippen molar-refractivity contribution in [2.24, 2.45) is 0 Å². The molecule has 1 fully saturated rings. The number of ether oxygens (including phenoxy) is 1. The van der Waals surface area contributed by atoms with Gasteiger partial charge in [0, 0.05) is 32.4 Å². The van der Waals surface area contributed by atoms with E-state index in [0.29, 0.717) is 12.0 Å². The molecule has 2 aromatic rings. The molecule has 0 bridgehead atoms. The fourth-order valence-corrected chi connectivity index (χ4v) is 3.60. The van der Waals surface area contributed by atoms with Gasteiger partial charge in [-0.1, -0.05) is 6.07 Å². The highest BCUT2D eigenvalue weighted by atomic mass is 32.1. The lowest BCUT2D eigenvalue weighted by Gasteiger charge is -2.32. The van der Waals surface area contributed by atoms with E-state index in [1.807, 2.05) is 22.4 Å². The number of amides is 1. The monoisotopic (exact) mass is 340 g/mol. The third-order valence-electron chi connectivity index (χ3n) is 4.27. The summed E-state index contributed by atoms with van der Waals surface area (Å²) in [5.41, 5.74) is 1.84. The highest BCUT2D eigenvalue weighted by Crippen LogP contribution is 2.20. The second kappa shape index (κ2) is 7.98. The minimum atomic E-state index is 0.111. The summed E-state index contributed by atoms with van der Waals surface area (Å²) in [5.74, 6) is 0.961. The van der Waals surface area contributed by atoms with E-state index in [9.17, 15) is 4.79 Å². The van der Waals surface area contributed by atoms with Crippen LogP contribution < -0.4 is 4.74 Å². The number of nitrogens with zero attached hydrogens (tertiary/aromatic N) is 2. The Morgan fingerprint density at radius 2 is 2.17 bits per heavy atom. The molecule has 0 atom stereocenters. The van der Waals surface area contributed by atoms with Crippen LogP contribution in [0.1, 0.15) is 30.4 Å². The first-order valence-corrected chi connectivity index (χ1v) is 9.14. The van der Waals surface area contributed by atoms with Crippen LogP contribution >= 0.6 is 11.3 Å². The van der Waals surface area contributed by atoms with Crippen LogP contribution in [0.25, 0.3) is 0 Å². The van der Waals surface area contributed by atoms with Gasteiger partial charge in [0.1, 0.15) is 11.9 Å². The molecule has 1 aromatic heterocycles. The number of carbonyl (C=O) groups excluding carboxylic acids is 1. The fourth-order valence-electron chi connectivity index (χ4n) is 2.90. The van der Waals surface area contributed by atoms with Crippen molar-refractivity contribution in [2.45, 2.75) is 31.8 Å². The SMILES string of the molecule is N#Cc1cccc(OC2CCN(C(=O)CCc3ccsc3)CC2)c1. The number of nitriles is 1. The van der Waals surface area contributed by atoms with E-state index >= 15 is 0 Å². The zero-order valence-corrected chi connectivity index (χ0v) is 14.3. The number of aryl methyl sites for hydroxylation is 1. The third-order valence-corrected chi connectivity index (χ3v) is 5.00. The molecule has 0 aliphatic carbocycles. The number of carbonyl (C=O) groups is 1. The van der Waals surface area contributed by atoms with E-state index in [0.717, 1.165) is 38.1 Å². The minimum Gasteiger partial charge on any atom is -0.490 e. The van der Waals surface area contributed by atoms with Crippen molar-refractivity contribution >= 4 is 17.2 Å². The quantitative estimate of drug-likeness (QED) is 0.835. The van der Waals surface area contributed by atoms with Gasteiger partial charge in [-0.25, -0.2) is 0 Å². The molecule has 4 nitrogen and oxygen atoms in total. The summed E-state index contributed by atoms with van der Waals surface area (Å²) < 4.78 is 5.96. The van der Waals surface area contributed by atoms with Crippen molar-refractivity contribution in [3.05, 3.63) is 52.2 Å². The topological polar surface area (TPSA) is 53.3 Å². The van der Waals surface area contributed by atoms with Gasteiger partial charge in [0.15, 0.2) is 0 Å². The van der Waals surface area contributed by atoms with Gasteiger partial charge in [-0.2, -0.15) is 16.6 Å². The number of hydrogen-bond donors (Lipinski definition) is 0. The number of hydrogen-bond acceptors (Lipinski definition) is 4. The Morgan fingerprint density at radius 3 is 2.88 bits per heavy atom. The first-order valence-electron chi connectivity index (χ1n) is 8.20. The normalized spacial score (nSPS) is 15.0. The second-order valence-corrected chi connectivity index (χ2v) is 6.75. The molecule has 24 heavy (non-hydrogen) atoms. The lowest BCUT2D eigenvalue weighted by atomic mass is 10.1.